The zero-order valence-electron chi connectivity index (χ0n) is 20.2. The Morgan fingerprint density at radius 1 is 1.00 bits per heavy atom. The highest BCUT2D eigenvalue weighted by Crippen LogP contribution is 2.22. The van der Waals surface area contributed by atoms with E-state index in [1.807, 2.05) is 32.9 Å². The van der Waals surface area contributed by atoms with Gasteiger partial charge in [-0.2, -0.15) is 10.2 Å². The third kappa shape index (κ3) is 8.37. The second-order valence-electron chi connectivity index (χ2n) is 9.17. The number of hydrogen-bond acceptors (Lipinski definition) is 6. The topological polar surface area (TPSA) is 121 Å². The van der Waals surface area contributed by atoms with Gasteiger partial charge < -0.3 is 20.1 Å². The highest BCUT2D eigenvalue weighted by Gasteiger charge is 2.25. The molecule has 2 aromatic carbocycles. The highest BCUT2D eigenvalue weighted by atomic mass is 16.6. The van der Waals surface area contributed by atoms with Gasteiger partial charge in [0.15, 0.2) is 0 Å². The minimum Gasteiger partial charge on any atom is -0.481 e. The number of amides is 2. The van der Waals surface area contributed by atoms with Crippen LogP contribution in [0.5, 0.6) is 0 Å². The first-order chi connectivity index (χ1) is 16.6. The smallest absolute Gasteiger partial charge is 0.410 e. The molecule has 2 N–H and O–H groups in total. The third-order valence-electron chi connectivity index (χ3n) is 5.12. The molecule has 1 heterocycles. The number of rotatable bonds is 7. The number of carbonyl (C=O) groups is 3. The van der Waals surface area contributed by atoms with Crippen LogP contribution >= 0.6 is 0 Å². The molecule has 2 amide bonds. The van der Waals surface area contributed by atoms with Crippen LogP contribution in [0.2, 0.25) is 0 Å². The molecular weight excluding hydrogens is 448 g/mol. The van der Waals surface area contributed by atoms with Gasteiger partial charge >= 0.3 is 12.1 Å². The Labute approximate surface area is 204 Å². The summed E-state index contributed by atoms with van der Waals surface area (Å²) in [5.41, 5.74) is 2.91. The predicted octanol–water partition coefficient (Wildman–Crippen LogP) is 5.62. The third-order valence-corrected chi connectivity index (χ3v) is 5.12. The molecule has 1 aliphatic heterocycles. The van der Waals surface area contributed by atoms with E-state index in [0.717, 1.165) is 5.56 Å². The van der Waals surface area contributed by atoms with E-state index in [9.17, 15) is 14.4 Å². The number of hydrogen-bond donors (Lipinski definition) is 2. The van der Waals surface area contributed by atoms with Crippen LogP contribution < -0.4 is 5.32 Å². The van der Waals surface area contributed by atoms with Crippen LogP contribution in [0.4, 0.5) is 21.9 Å². The number of aliphatic carboxylic acids is 1. The molecule has 0 fully saturated rings. The lowest BCUT2D eigenvalue weighted by atomic mass is 10.1. The summed E-state index contributed by atoms with van der Waals surface area (Å²) in [6.45, 7) is 6.21. The normalized spacial score (nSPS) is 13.9. The van der Waals surface area contributed by atoms with Crippen molar-refractivity contribution in [3.8, 4) is 0 Å². The van der Waals surface area contributed by atoms with Gasteiger partial charge in [0.1, 0.15) is 5.60 Å². The van der Waals surface area contributed by atoms with E-state index in [4.69, 9.17) is 9.84 Å². The van der Waals surface area contributed by atoms with Crippen molar-refractivity contribution < 1.29 is 24.2 Å². The van der Waals surface area contributed by atoms with Crippen LogP contribution in [-0.4, -0.2) is 46.7 Å². The van der Waals surface area contributed by atoms with Crippen LogP contribution in [0.15, 0.2) is 70.4 Å². The first kappa shape index (κ1) is 25.6. The molecule has 3 rings (SSSR count). The van der Waals surface area contributed by atoms with E-state index >= 15 is 0 Å². The van der Waals surface area contributed by atoms with Crippen molar-refractivity contribution in [2.75, 3.05) is 18.4 Å². The Hall–Kier alpha value is -4.01. The van der Waals surface area contributed by atoms with Crippen LogP contribution in [-0.2, 0) is 20.7 Å². The molecule has 35 heavy (non-hydrogen) atoms. The summed E-state index contributed by atoms with van der Waals surface area (Å²) in [4.78, 5) is 37.0. The van der Waals surface area contributed by atoms with Gasteiger partial charge in [0.25, 0.3) is 5.91 Å². The lowest BCUT2D eigenvalue weighted by molar-refractivity contribution is -0.137. The summed E-state index contributed by atoms with van der Waals surface area (Å²) in [5, 5.41) is 20.0. The van der Waals surface area contributed by atoms with Gasteiger partial charge in [-0.15, -0.1) is 0 Å². The minimum atomic E-state index is -0.825. The number of nitrogens with one attached hydrogen (secondary N) is 1. The maximum atomic E-state index is 12.6. The maximum absolute atomic E-state index is 12.6. The van der Waals surface area contributed by atoms with Gasteiger partial charge in [-0.25, -0.2) is 4.79 Å². The molecule has 9 heteroatoms. The highest BCUT2D eigenvalue weighted by molar-refractivity contribution is 6.04. The standard InChI is InChI=1S/C26H30N4O5/c1-26(2,3)35-25(34)30-16-14-19(15-17-30)24(33)27-20-9-11-22(12-10-20)29-28-21-7-4-18(5-8-21)6-13-23(31)32/h4-5,7-12,14H,6,13,15-17H2,1-3H3,(H,27,33)(H,31,32). The van der Waals surface area contributed by atoms with Crippen molar-refractivity contribution in [3.63, 3.8) is 0 Å². The summed E-state index contributed by atoms with van der Waals surface area (Å²) >= 11 is 0. The van der Waals surface area contributed by atoms with E-state index in [-0.39, 0.29) is 18.4 Å². The first-order valence-electron chi connectivity index (χ1n) is 11.4. The first-order valence-corrected chi connectivity index (χ1v) is 11.4. The summed E-state index contributed by atoms with van der Waals surface area (Å²) < 4.78 is 5.37. The molecule has 1 aliphatic rings. The number of benzene rings is 2. The Kier molecular flexibility index (Phi) is 8.35. The SMILES string of the molecule is CC(C)(C)OC(=O)N1CC=C(C(=O)Nc2ccc(N=Nc3ccc(CCC(=O)O)cc3)cc2)CC1. The summed E-state index contributed by atoms with van der Waals surface area (Å²) in [7, 11) is 0. The van der Waals surface area contributed by atoms with Crippen LogP contribution in [0, 0.1) is 0 Å². The summed E-state index contributed by atoms with van der Waals surface area (Å²) in [6, 6.07) is 14.2. The van der Waals surface area contributed by atoms with E-state index in [1.54, 1.807) is 47.4 Å². The van der Waals surface area contributed by atoms with Crippen molar-refractivity contribution >= 4 is 35.0 Å². The Bertz CT molecular complexity index is 1120. The van der Waals surface area contributed by atoms with Crippen molar-refractivity contribution in [2.45, 2.75) is 45.6 Å². The monoisotopic (exact) mass is 478 g/mol. The summed E-state index contributed by atoms with van der Waals surface area (Å²) in [6.07, 6.45) is 2.38. The van der Waals surface area contributed by atoms with Gasteiger partial charge in [0.2, 0.25) is 0 Å². The number of azo groups is 1. The molecule has 0 bridgehead atoms. The zero-order valence-corrected chi connectivity index (χ0v) is 20.2. The molecule has 0 unspecified atom stereocenters. The van der Waals surface area contributed by atoms with Gasteiger partial charge in [-0.05, 0) is 75.6 Å². The molecule has 0 aliphatic carbocycles. The fraction of sp³-hybridized carbons (Fsp3) is 0.346. The van der Waals surface area contributed by atoms with Gasteiger partial charge in [-0.1, -0.05) is 18.2 Å². The molecule has 2 aromatic rings. The van der Waals surface area contributed by atoms with Gasteiger partial charge in [0.05, 0.1) is 11.4 Å². The number of anilines is 1. The van der Waals surface area contributed by atoms with Gasteiger partial charge in [-0.3, -0.25) is 9.59 Å². The lowest BCUT2D eigenvalue weighted by Gasteiger charge is -2.29. The number of carboxylic acids is 1. The van der Waals surface area contributed by atoms with E-state index < -0.39 is 11.6 Å². The van der Waals surface area contributed by atoms with Crippen molar-refractivity contribution in [3.05, 3.63) is 65.7 Å². The van der Waals surface area contributed by atoms with Gasteiger partial charge in [0, 0.05) is 30.8 Å². The Balaban J connectivity index is 1.51. The number of carboxylic acid groups (broad SMARTS) is 1. The molecule has 0 saturated carbocycles. The molecule has 9 nitrogen and oxygen atoms in total. The van der Waals surface area contributed by atoms with Crippen LogP contribution in [0.1, 0.15) is 39.2 Å². The van der Waals surface area contributed by atoms with Crippen LogP contribution in [0.3, 0.4) is 0 Å². The Morgan fingerprint density at radius 2 is 1.60 bits per heavy atom. The van der Waals surface area contributed by atoms with E-state index in [2.05, 4.69) is 15.5 Å². The maximum Gasteiger partial charge on any atom is 0.410 e. The quantitative estimate of drug-likeness (QED) is 0.500. The molecule has 0 radical (unpaired) electrons. The van der Waals surface area contributed by atoms with Crippen molar-refractivity contribution in [1.82, 2.24) is 4.90 Å². The second kappa shape index (κ2) is 11.4. The average molecular weight is 479 g/mol. The Morgan fingerprint density at radius 3 is 2.11 bits per heavy atom. The van der Waals surface area contributed by atoms with E-state index in [1.165, 1.54) is 0 Å². The molecule has 0 aromatic heterocycles. The number of aryl methyl sites for hydroxylation is 1. The molecule has 0 saturated heterocycles. The molecule has 0 atom stereocenters. The predicted molar refractivity (Wildman–Crippen MR) is 132 cm³/mol. The fourth-order valence-corrected chi connectivity index (χ4v) is 3.29. The summed E-state index contributed by atoms with van der Waals surface area (Å²) in [5.74, 6) is -1.03. The zero-order chi connectivity index (χ0) is 25.4. The minimum absolute atomic E-state index is 0.0889. The number of ether oxygens (including phenoxy) is 1. The van der Waals surface area contributed by atoms with E-state index in [0.29, 0.717) is 48.6 Å². The van der Waals surface area contributed by atoms with Crippen molar-refractivity contribution in [2.24, 2.45) is 10.2 Å². The molecule has 0 spiro atoms. The number of nitrogens with zero attached hydrogens (tertiary/aromatic N) is 3. The second-order valence-corrected chi connectivity index (χ2v) is 9.17. The molecule has 184 valence electrons. The average Bonchev–Trinajstić information content (AvgIpc) is 2.82. The fourth-order valence-electron chi connectivity index (χ4n) is 3.29. The van der Waals surface area contributed by atoms with Crippen LogP contribution in [0.25, 0.3) is 0 Å². The van der Waals surface area contributed by atoms with Crippen molar-refractivity contribution in [1.29, 1.82) is 0 Å². The molecular formula is C26H30N4O5. The number of carbonyl (C=O) groups excluding carboxylic acids is 2. The lowest BCUT2D eigenvalue weighted by Crippen LogP contribution is -2.40. The largest absolute Gasteiger partial charge is 0.481 e.